The van der Waals surface area contributed by atoms with E-state index >= 15 is 0 Å². The highest BCUT2D eigenvalue weighted by atomic mass is 16.1. The molecule has 1 fully saturated rings. The summed E-state index contributed by atoms with van der Waals surface area (Å²) < 4.78 is 0. The average molecular weight is 270 g/mol. The van der Waals surface area contributed by atoms with Crippen molar-refractivity contribution in [3.8, 4) is 11.8 Å². The van der Waals surface area contributed by atoms with E-state index < -0.39 is 0 Å². The molecule has 2 rings (SSSR count). The maximum atomic E-state index is 12.3. The number of benzene rings is 1. The Labute approximate surface area is 120 Å². The van der Waals surface area contributed by atoms with Crippen LogP contribution in [0.2, 0.25) is 0 Å². The fourth-order valence-corrected chi connectivity index (χ4v) is 2.31. The van der Waals surface area contributed by atoms with Crippen LogP contribution >= 0.6 is 0 Å². The first-order valence-corrected chi connectivity index (χ1v) is 7.20. The molecule has 0 spiro atoms. The third kappa shape index (κ3) is 4.11. The van der Waals surface area contributed by atoms with Gasteiger partial charge in [0.1, 0.15) is 0 Å². The second kappa shape index (κ2) is 6.58. The smallest absolute Gasteiger partial charge is 0.251 e. The highest BCUT2D eigenvalue weighted by Crippen LogP contribution is 2.33. The van der Waals surface area contributed by atoms with Gasteiger partial charge in [0.15, 0.2) is 0 Å². The van der Waals surface area contributed by atoms with E-state index in [-0.39, 0.29) is 11.9 Å². The van der Waals surface area contributed by atoms with Gasteiger partial charge in [0.25, 0.3) is 5.91 Å². The van der Waals surface area contributed by atoms with E-state index in [1.165, 1.54) is 12.8 Å². The van der Waals surface area contributed by atoms with Gasteiger partial charge < -0.3 is 11.1 Å². The number of hydrogen-bond donors (Lipinski definition) is 2. The van der Waals surface area contributed by atoms with E-state index in [9.17, 15) is 4.79 Å². The van der Waals surface area contributed by atoms with Gasteiger partial charge in [-0.25, -0.2) is 0 Å². The zero-order chi connectivity index (χ0) is 14.5. The Hall–Kier alpha value is -1.79. The van der Waals surface area contributed by atoms with E-state index in [0.29, 0.717) is 12.1 Å². The predicted molar refractivity (Wildman–Crippen MR) is 81.4 cm³/mol. The minimum Gasteiger partial charge on any atom is -0.350 e. The van der Waals surface area contributed by atoms with Gasteiger partial charge in [-0.3, -0.25) is 4.79 Å². The first-order chi connectivity index (χ1) is 9.60. The summed E-state index contributed by atoms with van der Waals surface area (Å²) in [6, 6.07) is 5.92. The maximum Gasteiger partial charge on any atom is 0.251 e. The number of rotatable bonds is 4. The second-order valence-electron chi connectivity index (χ2n) is 5.59. The molecule has 1 unspecified atom stereocenters. The minimum absolute atomic E-state index is 0.00736. The number of amides is 1. The van der Waals surface area contributed by atoms with Crippen molar-refractivity contribution in [1.82, 2.24) is 5.32 Å². The molecule has 1 aliphatic carbocycles. The molecule has 3 heteroatoms. The van der Waals surface area contributed by atoms with Crippen LogP contribution in [-0.2, 0) is 0 Å². The second-order valence-corrected chi connectivity index (χ2v) is 5.59. The molecular formula is C17H22N2O. The van der Waals surface area contributed by atoms with E-state index in [4.69, 9.17) is 5.73 Å². The summed E-state index contributed by atoms with van der Waals surface area (Å²) in [7, 11) is 0. The van der Waals surface area contributed by atoms with Gasteiger partial charge in [-0.1, -0.05) is 30.7 Å². The number of carbonyl (C=O) groups excluding carboxylic acids is 1. The Morgan fingerprint density at radius 1 is 1.50 bits per heavy atom. The molecule has 0 saturated heterocycles. The lowest BCUT2D eigenvalue weighted by molar-refractivity contribution is 0.0937. The lowest BCUT2D eigenvalue weighted by atomic mass is 10.0. The van der Waals surface area contributed by atoms with Crippen molar-refractivity contribution in [3.05, 3.63) is 34.9 Å². The molecule has 1 aromatic rings. The maximum absolute atomic E-state index is 12.3. The summed E-state index contributed by atoms with van der Waals surface area (Å²) in [4.78, 5) is 12.3. The lowest BCUT2D eigenvalue weighted by Crippen LogP contribution is -2.33. The number of carbonyl (C=O) groups is 1. The molecule has 20 heavy (non-hydrogen) atoms. The van der Waals surface area contributed by atoms with Crippen molar-refractivity contribution in [1.29, 1.82) is 0 Å². The molecule has 1 amide bonds. The number of hydrogen-bond acceptors (Lipinski definition) is 2. The molecule has 3 nitrogen and oxygen atoms in total. The van der Waals surface area contributed by atoms with E-state index in [1.54, 1.807) is 0 Å². The molecule has 0 bridgehead atoms. The SMILES string of the molecule is Cc1ccc(C#CCN)cc1C(=O)NC(C)CC1CC1. The zero-order valence-corrected chi connectivity index (χ0v) is 12.2. The number of aryl methyl sites for hydroxylation is 1. The fourth-order valence-electron chi connectivity index (χ4n) is 2.31. The third-order valence-electron chi connectivity index (χ3n) is 3.58. The van der Waals surface area contributed by atoms with Crippen LogP contribution in [0.1, 0.15) is 47.7 Å². The van der Waals surface area contributed by atoms with Crippen LogP contribution in [0.25, 0.3) is 0 Å². The Morgan fingerprint density at radius 2 is 2.25 bits per heavy atom. The van der Waals surface area contributed by atoms with Gasteiger partial charge >= 0.3 is 0 Å². The molecular weight excluding hydrogens is 248 g/mol. The first kappa shape index (κ1) is 14.6. The monoisotopic (exact) mass is 270 g/mol. The van der Waals surface area contributed by atoms with E-state index in [0.717, 1.165) is 23.5 Å². The molecule has 3 N–H and O–H groups in total. The van der Waals surface area contributed by atoms with Crippen molar-refractivity contribution in [2.45, 2.75) is 39.2 Å². The van der Waals surface area contributed by atoms with Crippen LogP contribution in [0.15, 0.2) is 18.2 Å². The van der Waals surface area contributed by atoms with Gasteiger partial charge in [-0.2, -0.15) is 0 Å². The zero-order valence-electron chi connectivity index (χ0n) is 12.2. The molecule has 1 saturated carbocycles. The standard InChI is InChI=1S/C17H22N2O/c1-12-5-6-14(4-3-9-18)11-16(12)17(20)19-13(2)10-15-7-8-15/h5-6,11,13,15H,7-10,18H2,1-2H3,(H,19,20). The van der Waals surface area contributed by atoms with Crippen LogP contribution in [0.4, 0.5) is 0 Å². The van der Waals surface area contributed by atoms with Crippen LogP contribution in [0.5, 0.6) is 0 Å². The van der Waals surface area contributed by atoms with Crippen molar-refractivity contribution in [3.63, 3.8) is 0 Å². The minimum atomic E-state index is -0.00736. The quantitative estimate of drug-likeness (QED) is 0.824. The van der Waals surface area contributed by atoms with Crippen molar-refractivity contribution in [2.24, 2.45) is 11.7 Å². The molecule has 0 radical (unpaired) electrons. The number of nitrogens with two attached hydrogens (primary N) is 1. The molecule has 0 heterocycles. The van der Waals surface area contributed by atoms with E-state index in [1.807, 2.05) is 25.1 Å². The fraction of sp³-hybridized carbons (Fsp3) is 0.471. The summed E-state index contributed by atoms with van der Waals surface area (Å²) in [6.45, 7) is 4.35. The van der Waals surface area contributed by atoms with Crippen LogP contribution < -0.4 is 11.1 Å². The van der Waals surface area contributed by atoms with Crippen molar-refractivity contribution in [2.75, 3.05) is 6.54 Å². The Bertz CT molecular complexity index is 550. The molecule has 106 valence electrons. The molecule has 0 aromatic heterocycles. The average Bonchev–Trinajstić information content (AvgIpc) is 3.21. The largest absolute Gasteiger partial charge is 0.350 e. The highest BCUT2D eigenvalue weighted by molar-refractivity contribution is 5.96. The van der Waals surface area contributed by atoms with Gasteiger partial charge in [0.05, 0.1) is 6.54 Å². The van der Waals surface area contributed by atoms with Gasteiger partial charge in [-0.15, -0.1) is 0 Å². The summed E-state index contributed by atoms with van der Waals surface area (Å²) in [6.07, 6.45) is 3.70. The van der Waals surface area contributed by atoms with Gasteiger partial charge in [-0.05, 0) is 43.9 Å². The van der Waals surface area contributed by atoms with Gasteiger partial charge in [0, 0.05) is 17.2 Å². The van der Waals surface area contributed by atoms with Crippen LogP contribution in [0.3, 0.4) is 0 Å². The Kier molecular flexibility index (Phi) is 4.81. The van der Waals surface area contributed by atoms with Crippen molar-refractivity contribution < 1.29 is 4.79 Å². The molecule has 1 aliphatic rings. The normalized spacial score (nSPS) is 15.2. The summed E-state index contributed by atoms with van der Waals surface area (Å²) in [5, 5.41) is 3.08. The molecule has 1 aromatic carbocycles. The topological polar surface area (TPSA) is 55.1 Å². The Morgan fingerprint density at radius 3 is 2.90 bits per heavy atom. The number of nitrogens with one attached hydrogen (secondary N) is 1. The lowest BCUT2D eigenvalue weighted by Gasteiger charge is -2.14. The summed E-state index contributed by atoms with van der Waals surface area (Å²) >= 11 is 0. The third-order valence-corrected chi connectivity index (χ3v) is 3.58. The van der Waals surface area contributed by atoms with Crippen LogP contribution in [-0.4, -0.2) is 18.5 Å². The molecule has 0 aliphatic heterocycles. The first-order valence-electron chi connectivity index (χ1n) is 7.20. The Balaban J connectivity index is 2.07. The highest BCUT2D eigenvalue weighted by Gasteiger charge is 2.24. The van der Waals surface area contributed by atoms with Crippen molar-refractivity contribution >= 4 is 5.91 Å². The van der Waals surface area contributed by atoms with E-state index in [2.05, 4.69) is 24.1 Å². The predicted octanol–water partition coefficient (Wildman–Crippen LogP) is 2.22. The summed E-state index contributed by atoms with van der Waals surface area (Å²) in [5.74, 6) is 6.58. The van der Waals surface area contributed by atoms with Gasteiger partial charge in [0.2, 0.25) is 0 Å². The summed E-state index contributed by atoms with van der Waals surface area (Å²) in [5.41, 5.74) is 7.88. The molecule has 1 atom stereocenters. The van der Waals surface area contributed by atoms with Crippen LogP contribution in [0, 0.1) is 24.7 Å².